The molecule has 0 bridgehead atoms. The van der Waals surface area contributed by atoms with Gasteiger partial charge in [0.05, 0.1) is 30.4 Å². The van der Waals surface area contributed by atoms with Gasteiger partial charge in [-0.2, -0.15) is 0 Å². The molecule has 0 spiro atoms. The minimum Gasteiger partial charge on any atom is -0.494 e. The number of carbonyl (C=O) groups is 1. The van der Waals surface area contributed by atoms with Gasteiger partial charge in [-0.25, -0.2) is 14.5 Å². The number of nitrogens with one attached hydrogen (secondary N) is 2. The molecule has 4 rings (SSSR count). The first-order valence-corrected chi connectivity index (χ1v) is 9.93. The fourth-order valence-corrected chi connectivity index (χ4v) is 3.36. The SMILES string of the molecule is COc1cnc(-n2c(=S)[nH]c3cc(C(=O)NCc4ccc(Cl)cc4)ccc3c2=O)nc1. The molecule has 0 saturated heterocycles. The average Bonchev–Trinajstić information content (AvgIpc) is 2.78. The Labute approximate surface area is 186 Å². The van der Waals surface area contributed by atoms with Crippen LogP contribution in [0.5, 0.6) is 5.75 Å². The number of carbonyl (C=O) groups excluding carboxylic acids is 1. The van der Waals surface area contributed by atoms with Crippen LogP contribution < -0.4 is 15.6 Å². The van der Waals surface area contributed by atoms with Gasteiger partial charge < -0.3 is 15.0 Å². The van der Waals surface area contributed by atoms with Gasteiger partial charge in [-0.15, -0.1) is 0 Å². The van der Waals surface area contributed by atoms with Crippen molar-refractivity contribution in [3.05, 3.63) is 86.1 Å². The molecule has 0 saturated carbocycles. The largest absolute Gasteiger partial charge is 0.494 e. The van der Waals surface area contributed by atoms with Gasteiger partial charge in [0.15, 0.2) is 10.5 Å². The third-order valence-corrected chi connectivity index (χ3v) is 5.11. The molecule has 4 aromatic rings. The maximum absolute atomic E-state index is 13.0. The molecule has 156 valence electrons. The van der Waals surface area contributed by atoms with Crippen molar-refractivity contribution < 1.29 is 9.53 Å². The maximum Gasteiger partial charge on any atom is 0.269 e. The molecule has 2 N–H and O–H groups in total. The lowest BCUT2D eigenvalue weighted by Gasteiger charge is -2.09. The smallest absolute Gasteiger partial charge is 0.269 e. The first kappa shape index (κ1) is 20.7. The van der Waals surface area contributed by atoms with Crippen molar-refractivity contribution in [2.45, 2.75) is 6.54 Å². The number of aromatic amines is 1. The Bertz CT molecular complexity index is 1380. The van der Waals surface area contributed by atoms with E-state index in [2.05, 4.69) is 20.3 Å². The Kier molecular flexibility index (Phi) is 5.79. The van der Waals surface area contributed by atoms with Crippen molar-refractivity contribution in [3.63, 3.8) is 0 Å². The van der Waals surface area contributed by atoms with Crippen molar-refractivity contribution in [3.8, 4) is 11.7 Å². The molecule has 2 aromatic heterocycles. The van der Waals surface area contributed by atoms with Crippen molar-refractivity contribution in [2.75, 3.05) is 7.11 Å². The zero-order valence-electron chi connectivity index (χ0n) is 16.3. The number of nitrogens with zero attached hydrogens (tertiary/aromatic N) is 3. The Balaban J connectivity index is 1.63. The minimum atomic E-state index is -0.392. The number of methoxy groups -OCH3 is 1. The van der Waals surface area contributed by atoms with E-state index < -0.39 is 5.56 Å². The lowest BCUT2D eigenvalue weighted by molar-refractivity contribution is 0.0951. The van der Waals surface area contributed by atoms with Gasteiger partial charge in [0.1, 0.15) is 0 Å². The van der Waals surface area contributed by atoms with Crippen LogP contribution >= 0.6 is 23.8 Å². The van der Waals surface area contributed by atoms with E-state index in [1.165, 1.54) is 24.1 Å². The predicted octanol–water partition coefficient (Wildman–Crippen LogP) is 3.43. The maximum atomic E-state index is 13.0. The highest BCUT2D eigenvalue weighted by molar-refractivity contribution is 7.71. The average molecular weight is 454 g/mol. The van der Waals surface area contributed by atoms with Crippen LogP contribution in [0.3, 0.4) is 0 Å². The molecule has 10 heteroatoms. The zero-order valence-corrected chi connectivity index (χ0v) is 17.8. The Morgan fingerprint density at radius 3 is 2.58 bits per heavy atom. The molecule has 31 heavy (non-hydrogen) atoms. The summed E-state index contributed by atoms with van der Waals surface area (Å²) in [4.78, 5) is 36.7. The summed E-state index contributed by atoms with van der Waals surface area (Å²) in [5, 5.41) is 3.82. The third-order valence-electron chi connectivity index (χ3n) is 4.58. The van der Waals surface area contributed by atoms with E-state index in [1.54, 1.807) is 30.3 Å². The molecule has 2 heterocycles. The highest BCUT2D eigenvalue weighted by atomic mass is 35.5. The van der Waals surface area contributed by atoms with Crippen LogP contribution in [0, 0.1) is 4.77 Å². The van der Waals surface area contributed by atoms with Crippen molar-refractivity contribution in [1.29, 1.82) is 0 Å². The molecule has 2 aromatic carbocycles. The predicted molar refractivity (Wildman–Crippen MR) is 119 cm³/mol. The number of aromatic nitrogens is 4. The Hall–Kier alpha value is -3.56. The van der Waals surface area contributed by atoms with Crippen LogP contribution in [0.25, 0.3) is 16.9 Å². The van der Waals surface area contributed by atoms with E-state index in [4.69, 9.17) is 28.6 Å². The molecule has 0 fully saturated rings. The van der Waals surface area contributed by atoms with Crippen LogP contribution in [-0.2, 0) is 6.54 Å². The number of fused-ring (bicyclic) bond motifs is 1. The van der Waals surface area contributed by atoms with Gasteiger partial charge in [-0.1, -0.05) is 23.7 Å². The fourth-order valence-electron chi connectivity index (χ4n) is 2.96. The van der Waals surface area contributed by atoms with E-state index in [-0.39, 0.29) is 16.6 Å². The highest BCUT2D eigenvalue weighted by Crippen LogP contribution is 2.14. The fraction of sp³-hybridized carbons (Fsp3) is 0.0952. The summed E-state index contributed by atoms with van der Waals surface area (Å²) >= 11 is 11.2. The van der Waals surface area contributed by atoms with Crippen molar-refractivity contribution >= 4 is 40.6 Å². The number of halogens is 1. The van der Waals surface area contributed by atoms with E-state index >= 15 is 0 Å². The molecule has 0 aliphatic carbocycles. The molecule has 0 aliphatic rings. The summed E-state index contributed by atoms with van der Waals surface area (Å²) in [5.41, 5.74) is 1.36. The molecule has 0 atom stereocenters. The van der Waals surface area contributed by atoms with E-state index in [9.17, 15) is 9.59 Å². The van der Waals surface area contributed by atoms with Crippen molar-refractivity contribution in [1.82, 2.24) is 24.8 Å². The van der Waals surface area contributed by atoms with Crippen molar-refractivity contribution in [2.24, 2.45) is 0 Å². The summed E-state index contributed by atoms with van der Waals surface area (Å²) < 4.78 is 6.34. The summed E-state index contributed by atoms with van der Waals surface area (Å²) in [6, 6.07) is 11.9. The summed E-state index contributed by atoms with van der Waals surface area (Å²) in [6.45, 7) is 0.348. The van der Waals surface area contributed by atoms with Crippen LogP contribution in [0.1, 0.15) is 15.9 Å². The second-order valence-electron chi connectivity index (χ2n) is 6.56. The molecule has 0 radical (unpaired) electrons. The monoisotopic (exact) mass is 453 g/mol. The number of ether oxygens (including phenoxy) is 1. The number of benzene rings is 2. The van der Waals surface area contributed by atoms with Gasteiger partial charge in [0.25, 0.3) is 11.5 Å². The number of amides is 1. The molecular weight excluding hydrogens is 438 g/mol. The number of hydrogen-bond donors (Lipinski definition) is 2. The van der Waals surface area contributed by atoms with Gasteiger partial charge in [0.2, 0.25) is 5.95 Å². The summed E-state index contributed by atoms with van der Waals surface area (Å²) in [5.74, 6) is 0.305. The quantitative estimate of drug-likeness (QED) is 0.449. The standard InChI is InChI=1S/C21H16ClN5O3S/c1-30-15-10-24-20(25-11-15)27-19(29)16-7-4-13(8-17(16)26-21(27)31)18(28)23-9-12-2-5-14(22)6-3-12/h2-8,10-11H,9H2,1H3,(H,23,28)(H,26,31). The first-order valence-electron chi connectivity index (χ1n) is 9.14. The van der Waals surface area contributed by atoms with E-state index in [1.807, 2.05) is 12.1 Å². The first-order chi connectivity index (χ1) is 15.0. The van der Waals surface area contributed by atoms with E-state index in [0.29, 0.717) is 33.8 Å². The molecule has 8 nitrogen and oxygen atoms in total. The van der Waals surface area contributed by atoms with E-state index in [0.717, 1.165) is 5.56 Å². The lowest BCUT2D eigenvalue weighted by atomic mass is 10.1. The number of rotatable bonds is 5. The highest BCUT2D eigenvalue weighted by Gasteiger charge is 2.13. The second-order valence-corrected chi connectivity index (χ2v) is 7.39. The summed E-state index contributed by atoms with van der Waals surface area (Å²) in [7, 11) is 1.50. The van der Waals surface area contributed by atoms with Gasteiger partial charge in [0, 0.05) is 17.1 Å². The van der Waals surface area contributed by atoms with Gasteiger partial charge >= 0.3 is 0 Å². The van der Waals surface area contributed by atoms with Gasteiger partial charge in [-0.05, 0) is 48.1 Å². The molecule has 1 amide bonds. The van der Waals surface area contributed by atoms with Crippen LogP contribution in [0.2, 0.25) is 5.02 Å². The van der Waals surface area contributed by atoms with Crippen LogP contribution in [0.15, 0.2) is 59.7 Å². The van der Waals surface area contributed by atoms with Gasteiger partial charge in [-0.3, -0.25) is 9.59 Å². The number of hydrogen-bond acceptors (Lipinski definition) is 6. The Morgan fingerprint density at radius 1 is 1.19 bits per heavy atom. The zero-order chi connectivity index (χ0) is 22.0. The van der Waals surface area contributed by atoms with Crippen LogP contribution in [0.4, 0.5) is 0 Å². The van der Waals surface area contributed by atoms with Crippen LogP contribution in [-0.4, -0.2) is 32.5 Å². The topological polar surface area (TPSA) is 102 Å². The molecule has 0 aliphatic heterocycles. The molecule has 0 unspecified atom stereocenters. The lowest BCUT2D eigenvalue weighted by Crippen LogP contribution is -2.24. The minimum absolute atomic E-state index is 0.112. The normalized spacial score (nSPS) is 10.8. The molecular formula is C21H16ClN5O3S. The second kappa shape index (κ2) is 8.66. The summed E-state index contributed by atoms with van der Waals surface area (Å²) in [6.07, 6.45) is 2.89. The number of H-pyrrole nitrogens is 1. The Morgan fingerprint density at radius 2 is 1.90 bits per heavy atom. The third kappa shape index (κ3) is 4.32.